The van der Waals surface area contributed by atoms with Crippen LogP contribution in [0, 0.1) is 6.92 Å². The zero-order chi connectivity index (χ0) is 14.7. The fraction of sp³-hybridized carbons (Fsp3) is 0.294. The van der Waals surface area contributed by atoms with Crippen molar-refractivity contribution in [1.29, 1.82) is 0 Å². The number of rotatable bonds is 6. The Morgan fingerprint density at radius 1 is 1.24 bits per heavy atom. The molecule has 0 saturated heterocycles. The van der Waals surface area contributed by atoms with Crippen LogP contribution in [0.2, 0.25) is 0 Å². The lowest BCUT2D eigenvalue weighted by Crippen LogP contribution is -2.15. The number of thiophene rings is 1. The van der Waals surface area contributed by atoms with Gasteiger partial charge in [0, 0.05) is 21.6 Å². The Hall–Kier alpha value is -1.78. The zero-order valence-corrected chi connectivity index (χ0v) is 13.1. The van der Waals surface area contributed by atoms with Crippen LogP contribution in [0.15, 0.2) is 47.1 Å². The van der Waals surface area contributed by atoms with Gasteiger partial charge in [-0.15, -0.1) is 11.3 Å². The second-order valence-electron chi connectivity index (χ2n) is 5.04. The van der Waals surface area contributed by atoms with E-state index in [4.69, 9.17) is 9.15 Å². The van der Waals surface area contributed by atoms with Gasteiger partial charge >= 0.3 is 0 Å². The second-order valence-corrected chi connectivity index (χ2v) is 6.36. The summed E-state index contributed by atoms with van der Waals surface area (Å²) in [6.45, 7) is 3.03. The maximum absolute atomic E-state index is 6.26. The average Bonchev–Trinajstić information content (AvgIpc) is 3.12. The molecule has 0 saturated carbocycles. The quantitative estimate of drug-likeness (QED) is 0.726. The van der Waals surface area contributed by atoms with Crippen LogP contribution in [0.5, 0.6) is 5.75 Å². The summed E-state index contributed by atoms with van der Waals surface area (Å²) in [6.07, 6.45) is 2.68. The molecule has 1 aromatic carbocycles. The molecule has 4 heteroatoms. The summed E-state index contributed by atoms with van der Waals surface area (Å²) < 4.78 is 11.8. The van der Waals surface area contributed by atoms with Crippen molar-refractivity contribution in [3.05, 3.63) is 52.4 Å². The molecular formula is C17H19NO2S. The van der Waals surface area contributed by atoms with Crippen LogP contribution in [0.25, 0.3) is 11.0 Å². The first-order valence-corrected chi connectivity index (χ1v) is 7.93. The highest BCUT2D eigenvalue weighted by Crippen LogP contribution is 2.33. The number of furan rings is 1. The maximum atomic E-state index is 6.26. The minimum Gasteiger partial charge on any atom is -0.481 e. The van der Waals surface area contributed by atoms with Gasteiger partial charge in [-0.1, -0.05) is 12.1 Å². The van der Waals surface area contributed by atoms with E-state index in [1.54, 1.807) is 17.6 Å². The van der Waals surface area contributed by atoms with Gasteiger partial charge in [-0.3, -0.25) is 0 Å². The molecule has 1 N–H and O–H groups in total. The van der Waals surface area contributed by atoms with Crippen molar-refractivity contribution in [1.82, 2.24) is 5.32 Å². The molecule has 0 spiro atoms. The first-order chi connectivity index (χ1) is 10.3. The molecule has 2 heterocycles. The molecule has 3 nitrogen and oxygen atoms in total. The van der Waals surface area contributed by atoms with Crippen molar-refractivity contribution in [3.63, 3.8) is 0 Å². The third-order valence-electron chi connectivity index (χ3n) is 3.45. The summed E-state index contributed by atoms with van der Waals surface area (Å²) >= 11 is 1.79. The molecule has 21 heavy (non-hydrogen) atoms. The van der Waals surface area contributed by atoms with Crippen LogP contribution in [-0.4, -0.2) is 13.6 Å². The van der Waals surface area contributed by atoms with Gasteiger partial charge in [0.05, 0.1) is 6.26 Å². The van der Waals surface area contributed by atoms with Crippen molar-refractivity contribution in [2.75, 3.05) is 13.6 Å². The Labute approximate surface area is 128 Å². The van der Waals surface area contributed by atoms with E-state index in [0.717, 1.165) is 29.7 Å². The normalized spacial score (nSPS) is 12.7. The summed E-state index contributed by atoms with van der Waals surface area (Å²) in [4.78, 5) is 2.56. The van der Waals surface area contributed by atoms with Gasteiger partial charge in [-0.05, 0) is 44.8 Å². The van der Waals surface area contributed by atoms with E-state index in [1.165, 1.54) is 9.75 Å². The average molecular weight is 301 g/mol. The van der Waals surface area contributed by atoms with Crippen LogP contribution in [0.3, 0.4) is 0 Å². The minimum atomic E-state index is 0.0480. The molecule has 0 amide bonds. The highest BCUT2D eigenvalue weighted by molar-refractivity contribution is 7.12. The summed E-state index contributed by atoms with van der Waals surface area (Å²) in [6, 6.07) is 12.3. The van der Waals surface area contributed by atoms with Gasteiger partial charge in [-0.25, -0.2) is 0 Å². The van der Waals surface area contributed by atoms with Gasteiger partial charge in [0.1, 0.15) is 6.10 Å². The van der Waals surface area contributed by atoms with E-state index in [1.807, 2.05) is 31.3 Å². The third kappa shape index (κ3) is 3.12. The number of ether oxygens (including phenoxy) is 1. The van der Waals surface area contributed by atoms with Gasteiger partial charge < -0.3 is 14.5 Å². The van der Waals surface area contributed by atoms with Crippen molar-refractivity contribution in [3.8, 4) is 5.75 Å². The number of aryl methyl sites for hydroxylation is 1. The number of hydrogen-bond acceptors (Lipinski definition) is 4. The summed E-state index contributed by atoms with van der Waals surface area (Å²) in [7, 11) is 1.96. The first-order valence-electron chi connectivity index (χ1n) is 7.12. The van der Waals surface area contributed by atoms with Crippen LogP contribution in [-0.2, 0) is 0 Å². The van der Waals surface area contributed by atoms with E-state index in [2.05, 4.69) is 24.4 Å². The largest absolute Gasteiger partial charge is 0.481 e. The van der Waals surface area contributed by atoms with Gasteiger partial charge in [0.15, 0.2) is 11.3 Å². The van der Waals surface area contributed by atoms with Crippen molar-refractivity contribution in [2.45, 2.75) is 19.4 Å². The lowest BCUT2D eigenvalue weighted by atomic mass is 10.2. The lowest BCUT2D eigenvalue weighted by molar-refractivity contribution is 0.199. The van der Waals surface area contributed by atoms with Gasteiger partial charge in [-0.2, -0.15) is 0 Å². The molecule has 0 aliphatic rings. The number of hydrogen-bond donors (Lipinski definition) is 1. The summed E-state index contributed by atoms with van der Waals surface area (Å²) in [5.74, 6) is 0.810. The van der Waals surface area contributed by atoms with E-state index >= 15 is 0 Å². The van der Waals surface area contributed by atoms with Gasteiger partial charge in [0.2, 0.25) is 0 Å². The standard InChI is InChI=1S/C17H19NO2S/c1-12-6-7-16(21-12)14(8-10-18-2)20-15-5-3-4-13-9-11-19-17(13)15/h3-7,9,11,14,18H,8,10H2,1-2H3/t14-/m1/s1. The third-order valence-corrected chi connectivity index (χ3v) is 4.54. The first kappa shape index (κ1) is 14.2. The molecule has 110 valence electrons. The van der Waals surface area contributed by atoms with Crippen molar-refractivity contribution < 1.29 is 9.15 Å². The highest BCUT2D eigenvalue weighted by atomic mass is 32.1. The molecule has 1 atom stereocenters. The van der Waals surface area contributed by atoms with Crippen LogP contribution < -0.4 is 10.1 Å². The monoisotopic (exact) mass is 301 g/mol. The molecule has 0 bridgehead atoms. The zero-order valence-electron chi connectivity index (χ0n) is 12.3. The fourth-order valence-electron chi connectivity index (χ4n) is 2.37. The molecule has 3 rings (SSSR count). The number of para-hydroxylation sites is 1. The molecule has 0 fully saturated rings. The summed E-state index contributed by atoms with van der Waals surface area (Å²) in [5.41, 5.74) is 0.820. The SMILES string of the molecule is CNCC[C@@H](Oc1cccc2ccoc12)c1ccc(C)s1. The molecule has 0 unspecified atom stereocenters. The molecular weight excluding hydrogens is 282 g/mol. The van der Waals surface area contributed by atoms with Gasteiger partial charge in [0.25, 0.3) is 0 Å². The Morgan fingerprint density at radius 2 is 2.14 bits per heavy atom. The molecule has 3 aromatic rings. The smallest absolute Gasteiger partial charge is 0.175 e. The van der Waals surface area contributed by atoms with E-state index in [0.29, 0.717) is 0 Å². The Morgan fingerprint density at radius 3 is 2.90 bits per heavy atom. The van der Waals surface area contributed by atoms with E-state index in [9.17, 15) is 0 Å². The van der Waals surface area contributed by atoms with E-state index in [-0.39, 0.29) is 6.10 Å². The molecule has 0 aliphatic carbocycles. The topological polar surface area (TPSA) is 34.4 Å². The number of fused-ring (bicyclic) bond motifs is 1. The van der Waals surface area contributed by atoms with Crippen molar-refractivity contribution >= 4 is 22.3 Å². The lowest BCUT2D eigenvalue weighted by Gasteiger charge is -2.18. The fourth-order valence-corrected chi connectivity index (χ4v) is 3.31. The number of nitrogens with one attached hydrogen (secondary N) is 1. The minimum absolute atomic E-state index is 0.0480. The Bertz CT molecular complexity index is 716. The van der Waals surface area contributed by atoms with Crippen LogP contribution in [0.1, 0.15) is 22.3 Å². The second kappa shape index (κ2) is 6.33. The van der Waals surface area contributed by atoms with E-state index < -0.39 is 0 Å². The predicted molar refractivity (Wildman–Crippen MR) is 87.2 cm³/mol. The van der Waals surface area contributed by atoms with Crippen molar-refractivity contribution in [2.24, 2.45) is 0 Å². The highest BCUT2D eigenvalue weighted by Gasteiger charge is 2.17. The van der Waals surface area contributed by atoms with Crippen LogP contribution >= 0.6 is 11.3 Å². The predicted octanol–water partition coefficient (Wildman–Crippen LogP) is 4.53. The maximum Gasteiger partial charge on any atom is 0.175 e. The Kier molecular flexibility index (Phi) is 4.27. The van der Waals surface area contributed by atoms with Crippen LogP contribution in [0.4, 0.5) is 0 Å². The summed E-state index contributed by atoms with van der Waals surface area (Å²) in [5, 5.41) is 4.27. The Balaban J connectivity index is 1.88. The molecule has 2 aromatic heterocycles. The molecule has 0 radical (unpaired) electrons. The molecule has 0 aliphatic heterocycles. The number of benzene rings is 1.